The fourth-order valence-corrected chi connectivity index (χ4v) is 3.48. The van der Waals surface area contributed by atoms with E-state index in [0.717, 1.165) is 38.9 Å². The SMILES string of the molecule is CCCCN(C)S(=O)(=O)NC[C@H]1CCCN(CC)C1. The van der Waals surface area contributed by atoms with E-state index in [1.54, 1.807) is 7.05 Å². The fraction of sp³-hybridized carbons (Fsp3) is 1.00. The summed E-state index contributed by atoms with van der Waals surface area (Å²) in [4.78, 5) is 2.39. The Kier molecular flexibility index (Phi) is 7.28. The van der Waals surface area contributed by atoms with Gasteiger partial charge in [0.05, 0.1) is 0 Å². The molecule has 5 nitrogen and oxygen atoms in total. The van der Waals surface area contributed by atoms with Gasteiger partial charge >= 0.3 is 0 Å². The lowest BCUT2D eigenvalue weighted by molar-refractivity contribution is 0.183. The predicted octanol–water partition coefficient (Wildman–Crippen LogP) is 1.28. The van der Waals surface area contributed by atoms with Gasteiger partial charge in [-0.2, -0.15) is 12.7 Å². The van der Waals surface area contributed by atoms with E-state index in [1.807, 2.05) is 0 Å². The van der Waals surface area contributed by atoms with Gasteiger partial charge in [-0.3, -0.25) is 0 Å². The van der Waals surface area contributed by atoms with E-state index in [4.69, 9.17) is 0 Å². The summed E-state index contributed by atoms with van der Waals surface area (Å²) in [5, 5.41) is 0. The molecule has 0 aromatic rings. The highest BCUT2D eigenvalue weighted by molar-refractivity contribution is 7.87. The largest absolute Gasteiger partial charge is 0.303 e. The number of hydrogen-bond acceptors (Lipinski definition) is 3. The van der Waals surface area contributed by atoms with E-state index < -0.39 is 10.2 Å². The molecule has 0 radical (unpaired) electrons. The Morgan fingerprint density at radius 2 is 2.11 bits per heavy atom. The van der Waals surface area contributed by atoms with Gasteiger partial charge < -0.3 is 4.90 Å². The molecule has 19 heavy (non-hydrogen) atoms. The quantitative estimate of drug-likeness (QED) is 0.733. The van der Waals surface area contributed by atoms with E-state index in [1.165, 1.54) is 10.7 Å². The van der Waals surface area contributed by atoms with Crippen LogP contribution in [0, 0.1) is 5.92 Å². The van der Waals surface area contributed by atoms with Crippen LogP contribution in [0.2, 0.25) is 0 Å². The highest BCUT2D eigenvalue weighted by Gasteiger charge is 2.22. The average Bonchev–Trinajstić information content (AvgIpc) is 2.42. The van der Waals surface area contributed by atoms with Crippen molar-refractivity contribution in [3.8, 4) is 0 Å². The first kappa shape index (κ1) is 16.9. The Morgan fingerprint density at radius 1 is 1.37 bits per heavy atom. The van der Waals surface area contributed by atoms with Crippen molar-refractivity contribution in [2.24, 2.45) is 5.92 Å². The predicted molar refractivity (Wildman–Crippen MR) is 79.3 cm³/mol. The van der Waals surface area contributed by atoms with Gasteiger partial charge in [0.15, 0.2) is 0 Å². The number of rotatable bonds is 8. The van der Waals surface area contributed by atoms with Crippen molar-refractivity contribution in [1.82, 2.24) is 13.9 Å². The lowest BCUT2D eigenvalue weighted by Crippen LogP contribution is -2.44. The minimum atomic E-state index is -3.29. The van der Waals surface area contributed by atoms with Crippen molar-refractivity contribution in [3.63, 3.8) is 0 Å². The number of nitrogens with zero attached hydrogens (tertiary/aromatic N) is 2. The van der Waals surface area contributed by atoms with Crippen LogP contribution in [0.5, 0.6) is 0 Å². The summed E-state index contributed by atoms with van der Waals surface area (Å²) >= 11 is 0. The number of unbranched alkanes of at least 4 members (excludes halogenated alkanes) is 1. The molecule has 0 amide bonds. The number of piperidine rings is 1. The molecule has 0 aromatic carbocycles. The lowest BCUT2D eigenvalue weighted by Gasteiger charge is -2.32. The summed E-state index contributed by atoms with van der Waals surface area (Å²) < 4.78 is 28.2. The molecule has 0 saturated carbocycles. The molecule has 0 spiro atoms. The topological polar surface area (TPSA) is 52.7 Å². The summed E-state index contributed by atoms with van der Waals surface area (Å²) in [6.07, 6.45) is 4.21. The van der Waals surface area contributed by atoms with E-state index >= 15 is 0 Å². The second kappa shape index (κ2) is 8.19. The van der Waals surface area contributed by atoms with Crippen LogP contribution in [-0.4, -0.2) is 57.4 Å². The second-order valence-electron chi connectivity index (χ2n) is 5.43. The van der Waals surface area contributed by atoms with Crippen LogP contribution in [0.15, 0.2) is 0 Å². The number of likely N-dealkylation sites (tertiary alicyclic amines) is 1. The monoisotopic (exact) mass is 291 g/mol. The first-order valence-electron chi connectivity index (χ1n) is 7.42. The Hall–Kier alpha value is -0.170. The van der Waals surface area contributed by atoms with E-state index in [0.29, 0.717) is 19.0 Å². The lowest BCUT2D eigenvalue weighted by atomic mass is 9.98. The van der Waals surface area contributed by atoms with Crippen LogP contribution >= 0.6 is 0 Å². The summed E-state index contributed by atoms with van der Waals surface area (Å²) in [7, 11) is -1.64. The van der Waals surface area contributed by atoms with E-state index in [2.05, 4.69) is 23.5 Å². The van der Waals surface area contributed by atoms with E-state index in [9.17, 15) is 8.42 Å². The van der Waals surface area contributed by atoms with Gasteiger partial charge in [0, 0.05) is 26.7 Å². The Labute approximate surface area is 118 Å². The molecule has 0 unspecified atom stereocenters. The van der Waals surface area contributed by atoms with Gasteiger partial charge in [-0.15, -0.1) is 0 Å². The highest BCUT2D eigenvalue weighted by Crippen LogP contribution is 2.15. The van der Waals surface area contributed by atoms with Crippen molar-refractivity contribution in [1.29, 1.82) is 0 Å². The van der Waals surface area contributed by atoms with Crippen molar-refractivity contribution in [2.45, 2.75) is 39.5 Å². The number of nitrogens with one attached hydrogen (secondary N) is 1. The van der Waals surface area contributed by atoms with Crippen molar-refractivity contribution in [2.75, 3.05) is 39.8 Å². The van der Waals surface area contributed by atoms with Crippen molar-refractivity contribution in [3.05, 3.63) is 0 Å². The molecular weight excluding hydrogens is 262 g/mol. The summed E-state index contributed by atoms with van der Waals surface area (Å²) in [5.41, 5.74) is 0. The van der Waals surface area contributed by atoms with Crippen LogP contribution < -0.4 is 4.72 Å². The number of hydrogen-bond donors (Lipinski definition) is 1. The van der Waals surface area contributed by atoms with Crippen LogP contribution in [0.25, 0.3) is 0 Å². The molecular formula is C13H29N3O2S. The Balaban J connectivity index is 2.37. The van der Waals surface area contributed by atoms with Gasteiger partial charge in [-0.25, -0.2) is 4.72 Å². The Bertz CT molecular complexity index is 346. The third kappa shape index (κ3) is 5.77. The highest BCUT2D eigenvalue weighted by atomic mass is 32.2. The summed E-state index contributed by atoms with van der Waals surface area (Å²) in [6.45, 7) is 8.60. The standard InChI is InChI=1S/C13H29N3O2S/c1-4-6-9-15(3)19(17,18)14-11-13-8-7-10-16(5-2)12-13/h13-14H,4-12H2,1-3H3/t13-/m1/s1. The van der Waals surface area contributed by atoms with Gasteiger partial charge in [-0.05, 0) is 38.3 Å². The third-order valence-electron chi connectivity index (χ3n) is 3.84. The maximum Gasteiger partial charge on any atom is 0.279 e. The molecule has 0 bridgehead atoms. The van der Waals surface area contributed by atoms with Gasteiger partial charge in [0.25, 0.3) is 10.2 Å². The molecule has 114 valence electrons. The smallest absolute Gasteiger partial charge is 0.279 e. The zero-order valence-electron chi connectivity index (χ0n) is 12.6. The first-order chi connectivity index (χ1) is 8.99. The molecule has 1 atom stereocenters. The maximum absolute atomic E-state index is 12.0. The van der Waals surface area contributed by atoms with E-state index in [-0.39, 0.29) is 0 Å². The summed E-state index contributed by atoms with van der Waals surface area (Å²) in [6, 6.07) is 0. The second-order valence-corrected chi connectivity index (χ2v) is 7.29. The Morgan fingerprint density at radius 3 is 2.74 bits per heavy atom. The molecule has 1 N–H and O–H groups in total. The molecule has 1 saturated heterocycles. The van der Waals surface area contributed by atoms with Gasteiger partial charge in [-0.1, -0.05) is 20.3 Å². The normalized spacial score (nSPS) is 22.0. The molecule has 6 heteroatoms. The molecule has 0 aromatic heterocycles. The molecule has 1 aliphatic rings. The van der Waals surface area contributed by atoms with Crippen molar-refractivity contribution >= 4 is 10.2 Å². The zero-order valence-corrected chi connectivity index (χ0v) is 13.4. The van der Waals surface area contributed by atoms with Gasteiger partial charge in [0.2, 0.25) is 0 Å². The average molecular weight is 291 g/mol. The molecule has 0 aliphatic carbocycles. The van der Waals surface area contributed by atoms with Crippen LogP contribution in [0.1, 0.15) is 39.5 Å². The van der Waals surface area contributed by atoms with Crippen molar-refractivity contribution < 1.29 is 8.42 Å². The third-order valence-corrected chi connectivity index (χ3v) is 5.38. The molecule has 1 fully saturated rings. The van der Waals surface area contributed by atoms with Crippen LogP contribution in [-0.2, 0) is 10.2 Å². The zero-order chi connectivity index (χ0) is 14.3. The molecule has 1 rings (SSSR count). The minimum Gasteiger partial charge on any atom is -0.303 e. The fourth-order valence-electron chi connectivity index (χ4n) is 2.44. The maximum atomic E-state index is 12.0. The first-order valence-corrected chi connectivity index (χ1v) is 8.86. The molecule has 1 aliphatic heterocycles. The van der Waals surface area contributed by atoms with Crippen LogP contribution in [0.4, 0.5) is 0 Å². The summed E-state index contributed by atoms with van der Waals surface area (Å²) in [5.74, 6) is 0.447. The van der Waals surface area contributed by atoms with Gasteiger partial charge in [0.1, 0.15) is 0 Å². The molecule has 1 heterocycles. The van der Waals surface area contributed by atoms with Crippen LogP contribution in [0.3, 0.4) is 0 Å². The minimum absolute atomic E-state index is 0.447.